The zero-order chi connectivity index (χ0) is 15.9. The number of ether oxygens (including phenoxy) is 1. The van der Waals surface area contributed by atoms with Crippen molar-refractivity contribution in [2.75, 3.05) is 6.61 Å². The predicted octanol–water partition coefficient (Wildman–Crippen LogP) is 2.16. The fraction of sp³-hybridized carbons (Fsp3) is 0.143. The Kier molecular flexibility index (Phi) is 5.21. The fourth-order valence-electron chi connectivity index (χ4n) is 1.67. The Morgan fingerprint density at radius 3 is 2.86 bits per heavy atom. The molecule has 0 bridgehead atoms. The van der Waals surface area contributed by atoms with Crippen molar-refractivity contribution in [1.29, 1.82) is 0 Å². The first-order valence-corrected chi connectivity index (χ1v) is 7.13. The molecular weight excluding hydrogens is 308 g/mol. The number of nitrogens with zero attached hydrogens (tertiary/aromatic N) is 1. The zero-order valence-corrected chi connectivity index (χ0v) is 12.2. The maximum Gasteiger partial charge on any atom is 0.270 e. The molecule has 0 aliphatic carbocycles. The van der Waals surface area contributed by atoms with Crippen LogP contribution in [0.15, 0.2) is 35.7 Å². The summed E-state index contributed by atoms with van der Waals surface area (Å²) >= 11 is 1.52. The van der Waals surface area contributed by atoms with Crippen LogP contribution in [0.3, 0.4) is 0 Å². The molecular formula is C14H12N2O5S. The van der Waals surface area contributed by atoms with Crippen LogP contribution < -0.4 is 10.1 Å². The minimum Gasteiger partial charge on any atom is -0.483 e. The van der Waals surface area contributed by atoms with Gasteiger partial charge in [0, 0.05) is 17.0 Å². The first-order chi connectivity index (χ1) is 10.6. The Morgan fingerprint density at radius 1 is 1.41 bits per heavy atom. The average molecular weight is 320 g/mol. The average Bonchev–Trinajstić information content (AvgIpc) is 3.04. The van der Waals surface area contributed by atoms with Gasteiger partial charge < -0.3 is 10.1 Å². The molecule has 22 heavy (non-hydrogen) atoms. The highest BCUT2D eigenvalue weighted by Crippen LogP contribution is 2.22. The van der Waals surface area contributed by atoms with Gasteiger partial charge in [0.15, 0.2) is 12.9 Å². The van der Waals surface area contributed by atoms with Crippen molar-refractivity contribution in [3.05, 3.63) is 56.3 Å². The smallest absolute Gasteiger partial charge is 0.270 e. The Morgan fingerprint density at radius 2 is 2.23 bits per heavy atom. The maximum absolute atomic E-state index is 11.7. The summed E-state index contributed by atoms with van der Waals surface area (Å²) in [5, 5.41) is 15.2. The van der Waals surface area contributed by atoms with E-state index >= 15 is 0 Å². The Labute approximate surface area is 129 Å². The highest BCUT2D eigenvalue weighted by atomic mass is 32.1. The zero-order valence-electron chi connectivity index (χ0n) is 11.4. The molecule has 1 aromatic carbocycles. The molecule has 0 fully saturated rings. The van der Waals surface area contributed by atoms with Gasteiger partial charge in [-0.3, -0.25) is 19.7 Å². The number of rotatable bonds is 7. The molecule has 1 N–H and O–H groups in total. The molecule has 2 aromatic rings. The summed E-state index contributed by atoms with van der Waals surface area (Å²) in [5.41, 5.74) is -0.183. The number of nitrogens with one attached hydrogen (secondary N) is 1. The predicted molar refractivity (Wildman–Crippen MR) is 80.1 cm³/mol. The van der Waals surface area contributed by atoms with Gasteiger partial charge in [-0.2, -0.15) is 0 Å². The van der Waals surface area contributed by atoms with Gasteiger partial charge in [0.25, 0.3) is 11.6 Å². The van der Waals surface area contributed by atoms with Crippen LogP contribution in [0.5, 0.6) is 5.75 Å². The standard InChI is InChI=1S/C14H12N2O5S/c17-8-10-6-11(16(19)20)3-4-13(10)21-9-14(18)15-7-12-2-1-5-22-12/h1-6,8H,7,9H2,(H,15,18). The van der Waals surface area contributed by atoms with E-state index in [0.717, 1.165) is 10.9 Å². The summed E-state index contributed by atoms with van der Waals surface area (Å²) in [5.74, 6) is -0.213. The van der Waals surface area contributed by atoms with Gasteiger partial charge in [-0.1, -0.05) is 6.07 Å². The highest BCUT2D eigenvalue weighted by Gasteiger charge is 2.12. The van der Waals surface area contributed by atoms with E-state index in [0.29, 0.717) is 12.8 Å². The second-order valence-corrected chi connectivity index (χ2v) is 5.27. The van der Waals surface area contributed by atoms with Crippen molar-refractivity contribution in [2.45, 2.75) is 6.54 Å². The number of aldehydes is 1. The monoisotopic (exact) mass is 320 g/mol. The molecule has 2 rings (SSSR count). The van der Waals surface area contributed by atoms with Crippen LogP contribution in [0.4, 0.5) is 5.69 Å². The number of amides is 1. The molecule has 0 saturated heterocycles. The van der Waals surface area contributed by atoms with Crippen molar-refractivity contribution >= 4 is 29.2 Å². The number of carbonyl (C=O) groups is 2. The molecule has 0 atom stereocenters. The number of hydrogen-bond acceptors (Lipinski definition) is 6. The van der Waals surface area contributed by atoms with Crippen LogP contribution in [0.1, 0.15) is 15.2 Å². The Hall–Kier alpha value is -2.74. The van der Waals surface area contributed by atoms with Crippen LogP contribution in [0, 0.1) is 10.1 Å². The summed E-state index contributed by atoms with van der Waals surface area (Å²) in [6.07, 6.45) is 0.450. The lowest BCUT2D eigenvalue weighted by Gasteiger charge is -2.08. The molecule has 1 heterocycles. The van der Waals surface area contributed by atoms with Gasteiger partial charge in [0.2, 0.25) is 0 Å². The van der Waals surface area contributed by atoms with E-state index in [-0.39, 0.29) is 29.5 Å². The molecule has 0 aliphatic rings. The summed E-state index contributed by atoms with van der Waals surface area (Å²) in [6, 6.07) is 7.40. The number of hydrogen-bond donors (Lipinski definition) is 1. The summed E-state index contributed by atoms with van der Waals surface area (Å²) < 4.78 is 5.23. The summed E-state index contributed by atoms with van der Waals surface area (Å²) in [7, 11) is 0. The first-order valence-electron chi connectivity index (χ1n) is 6.25. The minimum atomic E-state index is -0.607. The van der Waals surface area contributed by atoms with E-state index in [1.54, 1.807) is 0 Å². The molecule has 114 valence electrons. The third kappa shape index (κ3) is 4.13. The summed E-state index contributed by atoms with van der Waals surface area (Å²) in [4.78, 5) is 33.6. The van der Waals surface area contributed by atoms with Crippen molar-refractivity contribution in [3.63, 3.8) is 0 Å². The van der Waals surface area contributed by atoms with Crippen LogP contribution >= 0.6 is 11.3 Å². The lowest BCUT2D eigenvalue weighted by atomic mass is 10.2. The van der Waals surface area contributed by atoms with E-state index in [2.05, 4.69) is 5.32 Å². The van der Waals surface area contributed by atoms with E-state index in [4.69, 9.17) is 4.74 Å². The quantitative estimate of drug-likeness (QED) is 0.479. The molecule has 8 heteroatoms. The number of benzene rings is 1. The van der Waals surface area contributed by atoms with Gasteiger partial charge in [0.1, 0.15) is 5.75 Å². The van der Waals surface area contributed by atoms with E-state index in [1.165, 1.54) is 23.5 Å². The molecule has 0 radical (unpaired) electrons. The van der Waals surface area contributed by atoms with Gasteiger partial charge in [-0.05, 0) is 17.5 Å². The number of nitro benzene ring substituents is 1. The largest absolute Gasteiger partial charge is 0.483 e. The Balaban J connectivity index is 1.91. The topological polar surface area (TPSA) is 98.5 Å². The van der Waals surface area contributed by atoms with Gasteiger partial charge in [-0.15, -0.1) is 11.3 Å². The first kappa shape index (κ1) is 15.6. The molecule has 0 spiro atoms. The van der Waals surface area contributed by atoms with Crippen LogP contribution in [-0.4, -0.2) is 23.7 Å². The number of thiophene rings is 1. The van der Waals surface area contributed by atoms with E-state index in [1.807, 2.05) is 17.5 Å². The minimum absolute atomic E-state index is 0.0280. The molecule has 0 unspecified atom stereocenters. The molecule has 0 saturated carbocycles. The van der Waals surface area contributed by atoms with Crippen LogP contribution in [-0.2, 0) is 11.3 Å². The van der Waals surface area contributed by atoms with E-state index in [9.17, 15) is 19.7 Å². The molecule has 7 nitrogen and oxygen atoms in total. The van der Waals surface area contributed by atoms with Crippen LogP contribution in [0.25, 0.3) is 0 Å². The van der Waals surface area contributed by atoms with Gasteiger partial charge >= 0.3 is 0 Å². The van der Waals surface area contributed by atoms with Gasteiger partial charge in [0.05, 0.1) is 17.0 Å². The van der Waals surface area contributed by atoms with Crippen molar-refractivity contribution in [1.82, 2.24) is 5.32 Å². The molecule has 1 amide bonds. The van der Waals surface area contributed by atoms with Crippen LogP contribution in [0.2, 0.25) is 0 Å². The number of nitro groups is 1. The molecule has 1 aromatic heterocycles. The SMILES string of the molecule is O=Cc1cc([N+](=O)[O-])ccc1OCC(=O)NCc1cccs1. The lowest BCUT2D eigenvalue weighted by molar-refractivity contribution is -0.384. The normalized spacial score (nSPS) is 10.0. The van der Waals surface area contributed by atoms with Crippen molar-refractivity contribution < 1.29 is 19.2 Å². The third-order valence-electron chi connectivity index (χ3n) is 2.73. The van der Waals surface area contributed by atoms with Crippen molar-refractivity contribution in [2.24, 2.45) is 0 Å². The molecule has 0 aliphatic heterocycles. The lowest BCUT2D eigenvalue weighted by Crippen LogP contribution is -2.28. The fourth-order valence-corrected chi connectivity index (χ4v) is 2.31. The highest BCUT2D eigenvalue weighted by molar-refractivity contribution is 7.09. The number of non-ortho nitro benzene ring substituents is 1. The summed E-state index contributed by atoms with van der Waals surface area (Å²) in [6.45, 7) is 0.130. The second-order valence-electron chi connectivity index (χ2n) is 4.24. The van der Waals surface area contributed by atoms with Gasteiger partial charge in [-0.25, -0.2) is 0 Å². The Bertz CT molecular complexity index is 685. The third-order valence-corrected chi connectivity index (χ3v) is 3.61. The van der Waals surface area contributed by atoms with E-state index < -0.39 is 4.92 Å². The maximum atomic E-state index is 11.7. The number of carbonyl (C=O) groups excluding carboxylic acids is 2. The second kappa shape index (κ2) is 7.32. The van der Waals surface area contributed by atoms with Crippen molar-refractivity contribution in [3.8, 4) is 5.75 Å².